The first-order valence-corrected chi connectivity index (χ1v) is 9.39. The number of anilines is 1. The molecule has 24 heavy (non-hydrogen) atoms. The molecule has 0 saturated heterocycles. The van der Waals surface area contributed by atoms with Crippen molar-refractivity contribution in [3.05, 3.63) is 65.0 Å². The summed E-state index contributed by atoms with van der Waals surface area (Å²) < 4.78 is 37.8. The van der Waals surface area contributed by atoms with E-state index in [4.69, 9.17) is 0 Å². The lowest BCUT2D eigenvalue weighted by atomic mass is 10.1. The third-order valence-electron chi connectivity index (χ3n) is 3.46. The molecule has 0 fully saturated rings. The number of benzene rings is 2. The number of hydrogen-bond donors (Lipinski definition) is 1. The van der Waals surface area contributed by atoms with E-state index in [-0.39, 0.29) is 23.6 Å². The molecule has 0 bridgehead atoms. The number of carbonyl (C=O) groups excluding carboxylic acids is 1. The zero-order valence-corrected chi connectivity index (χ0v) is 14.5. The molecule has 6 heteroatoms. The smallest absolute Gasteiger partial charge is 0.225 e. The third kappa shape index (κ3) is 5.45. The number of hydrogen-bond acceptors (Lipinski definition) is 3. The Morgan fingerprint density at radius 2 is 1.71 bits per heavy atom. The van der Waals surface area contributed by atoms with Gasteiger partial charge in [0.25, 0.3) is 0 Å². The Labute approximate surface area is 141 Å². The van der Waals surface area contributed by atoms with Crippen LogP contribution in [0.15, 0.2) is 42.5 Å². The number of carbonyl (C=O) groups is 1. The number of halogens is 1. The summed E-state index contributed by atoms with van der Waals surface area (Å²) in [6, 6.07) is 11.4. The zero-order chi connectivity index (χ0) is 17.7. The second-order valence-electron chi connectivity index (χ2n) is 5.87. The lowest BCUT2D eigenvalue weighted by Gasteiger charge is -2.08. The van der Waals surface area contributed by atoms with Crippen LogP contribution < -0.4 is 5.32 Å². The topological polar surface area (TPSA) is 63.2 Å². The van der Waals surface area contributed by atoms with Gasteiger partial charge in [-0.05, 0) is 31.5 Å². The highest BCUT2D eigenvalue weighted by Gasteiger charge is 2.16. The molecule has 2 aromatic rings. The maximum absolute atomic E-state index is 13.5. The van der Waals surface area contributed by atoms with E-state index in [1.165, 1.54) is 18.2 Å². The number of rotatable bonds is 6. The number of para-hydroxylation sites is 1. The Balaban J connectivity index is 1.94. The average Bonchev–Trinajstić information content (AvgIpc) is 2.46. The second-order valence-corrected chi connectivity index (χ2v) is 8.05. The minimum Gasteiger partial charge on any atom is -0.324 e. The molecule has 0 spiro atoms. The summed E-state index contributed by atoms with van der Waals surface area (Å²) in [5, 5.41) is 2.39. The monoisotopic (exact) mass is 349 g/mol. The van der Waals surface area contributed by atoms with Crippen LogP contribution in [0.5, 0.6) is 0 Å². The maximum atomic E-state index is 13.5. The number of nitrogens with one attached hydrogen (secondary N) is 1. The Morgan fingerprint density at radius 3 is 2.33 bits per heavy atom. The van der Waals surface area contributed by atoms with Crippen molar-refractivity contribution in [3.8, 4) is 0 Å². The predicted octanol–water partition coefficient (Wildman–Crippen LogP) is 3.39. The molecule has 0 aliphatic carbocycles. The Hall–Kier alpha value is -2.21. The molecule has 0 saturated carbocycles. The van der Waals surface area contributed by atoms with Gasteiger partial charge >= 0.3 is 0 Å². The molecule has 0 atom stereocenters. The van der Waals surface area contributed by atoms with Crippen LogP contribution in [-0.4, -0.2) is 20.1 Å². The highest BCUT2D eigenvalue weighted by atomic mass is 32.2. The van der Waals surface area contributed by atoms with Crippen molar-refractivity contribution < 1.29 is 17.6 Å². The summed E-state index contributed by atoms with van der Waals surface area (Å²) in [7, 11) is -3.42. The first-order valence-electron chi connectivity index (χ1n) is 7.57. The Kier molecular flexibility index (Phi) is 5.72. The minimum atomic E-state index is -3.42. The summed E-state index contributed by atoms with van der Waals surface area (Å²) in [5.74, 6) is -1.46. The van der Waals surface area contributed by atoms with E-state index in [1.54, 1.807) is 6.07 Å². The van der Waals surface area contributed by atoms with E-state index in [9.17, 15) is 17.6 Å². The molecule has 128 valence electrons. The second kappa shape index (κ2) is 7.57. The lowest BCUT2D eigenvalue weighted by Crippen LogP contribution is -2.19. The molecule has 4 nitrogen and oxygen atoms in total. The summed E-state index contributed by atoms with van der Waals surface area (Å²) >= 11 is 0. The first kappa shape index (κ1) is 18.1. The van der Waals surface area contributed by atoms with Gasteiger partial charge in [0.1, 0.15) is 5.82 Å². The fraction of sp³-hybridized carbons (Fsp3) is 0.278. The van der Waals surface area contributed by atoms with E-state index < -0.39 is 21.6 Å². The minimum absolute atomic E-state index is 0.0502. The summed E-state index contributed by atoms with van der Waals surface area (Å²) in [6.07, 6.45) is -0.207. The van der Waals surface area contributed by atoms with Gasteiger partial charge in [-0.1, -0.05) is 41.5 Å². The normalized spacial score (nSPS) is 11.3. The Bertz CT molecular complexity index is 827. The van der Waals surface area contributed by atoms with Crippen molar-refractivity contribution in [1.82, 2.24) is 0 Å². The summed E-state index contributed by atoms with van der Waals surface area (Å²) in [4.78, 5) is 11.8. The van der Waals surface area contributed by atoms with Crippen LogP contribution in [0.1, 0.15) is 23.1 Å². The van der Waals surface area contributed by atoms with Crippen LogP contribution in [0, 0.1) is 19.7 Å². The van der Waals surface area contributed by atoms with Crippen molar-refractivity contribution in [2.75, 3.05) is 11.1 Å². The van der Waals surface area contributed by atoms with E-state index in [0.717, 1.165) is 11.1 Å². The van der Waals surface area contributed by atoms with Crippen molar-refractivity contribution in [2.45, 2.75) is 26.0 Å². The quantitative estimate of drug-likeness (QED) is 0.869. The van der Waals surface area contributed by atoms with Crippen molar-refractivity contribution in [1.29, 1.82) is 0 Å². The number of aryl methyl sites for hydroxylation is 2. The highest BCUT2D eigenvalue weighted by Crippen LogP contribution is 2.15. The molecule has 0 aromatic heterocycles. The molecule has 2 aromatic carbocycles. The average molecular weight is 349 g/mol. The maximum Gasteiger partial charge on any atom is 0.225 e. The number of sulfone groups is 1. The van der Waals surface area contributed by atoms with Crippen LogP contribution in [0.4, 0.5) is 10.1 Å². The van der Waals surface area contributed by atoms with Gasteiger partial charge in [0.15, 0.2) is 9.84 Å². The summed E-state index contributed by atoms with van der Waals surface area (Å²) in [6.45, 7) is 3.82. The zero-order valence-electron chi connectivity index (χ0n) is 13.7. The number of amides is 1. The van der Waals surface area contributed by atoms with Crippen molar-refractivity contribution in [2.24, 2.45) is 0 Å². The molecule has 0 heterocycles. The molecule has 1 amide bonds. The van der Waals surface area contributed by atoms with Gasteiger partial charge in [0.2, 0.25) is 5.91 Å². The summed E-state index contributed by atoms with van der Waals surface area (Å²) in [5.41, 5.74) is 2.76. The van der Waals surface area contributed by atoms with Crippen LogP contribution in [0.2, 0.25) is 0 Å². The molecular formula is C18H20FNO3S. The molecular weight excluding hydrogens is 329 g/mol. The van der Waals surface area contributed by atoms with Gasteiger partial charge in [-0.2, -0.15) is 0 Å². The highest BCUT2D eigenvalue weighted by molar-refractivity contribution is 7.90. The van der Waals surface area contributed by atoms with Crippen LogP contribution in [0.3, 0.4) is 0 Å². The van der Waals surface area contributed by atoms with E-state index in [1.807, 2.05) is 32.0 Å². The predicted molar refractivity (Wildman–Crippen MR) is 93.1 cm³/mol. The van der Waals surface area contributed by atoms with Gasteiger partial charge in [0.05, 0.1) is 17.2 Å². The standard InChI is InChI=1S/C18H20FNO3S/c1-13-9-14(2)11-15(10-13)12-24(22,23)8-7-18(21)20-17-6-4-3-5-16(17)19/h3-6,9-11H,7-8,12H2,1-2H3,(H,20,21). The molecule has 0 aliphatic heterocycles. The van der Waals surface area contributed by atoms with E-state index >= 15 is 0 Å². The third-order valence-corrected chi connectivity index (χ3v) is 5.06. The van der Waals surface area contributed by atoms with Gasteiger partial charge in [0, 0.05) is 6.42 Å². The van der Waals surface area contributed by atoms with Gasteiger partial charge in [-0.25, -0.2) is 12.8 Å². The Morgan fingerprint density at radius 1 is 1.08 bits per heavy atom. The van der Waals surface area contributed by atoms with Gasteiger partial charge < -0.3 is 5.32 Å². The van der Waals surface area contributed by atoms with Crippen molar-refractivity contribution in [3.63, 3.8) is 0 Å². The van der Waals surface area contributed by atoms with E-state index in [0.29, 0.717) is 5.56 Å². The molecule has 0 radical (unpaired) electrons. The lowest BCUT2D eigenvalue weighted by molar-refractivity contribution is -0.115. The largest absolute Gasteiger partial charge is 0.324 e. The SMILES string of the molecule is Cc1cc(C)cc(CS(=O)(=O)CCC(=O)Nc2ccccc2F)c1. The van der Waals surface area contributed by atoms with Crippen LogP contribution in [-0.2, 0) is 20.4 Å². The fourth-order valence-electron chi connectivity index (χ4n) is 2.50. The molecule has 0 aliphatic rings. The van der Waals surface area contributed by atoms with Crippen LogP contribution in [0.25, 0.3) is 0 Å². The van der Waals surface area contributed by atoms with Gasteiger partial charge in [-0.15, -0.1) is 0 Å². The fourth-order valence-corrected chi connectivity index (χ4v) is 3.82. The van der Waals surface area contributed by atoms with Gasteiger partial charge in [-0.3, -0.25) is 4.79 Å². The molecule has 1 N–H and O–H groups in total. The molecule has 0 unspecified atom stereocenters. The van der Waals surface area contributed by atoms with E-state index in [2.05, 4.69) is 5.32 Å². The first-order chi connectivity index (χ1) is 11.2. The van der Waals surface area contributed by atoms with Crippen LogP contribution >= 0.6 is 0 Å². The molecule has 2 rings (SSSR count). The van der Waals surface area contributed by atoms with Crippen molar-refractivity contribution >= 4 is 21.4 Å².